The predicted molar refractivity (Wildman–Crippen MR) is 42.8 cm³/mol. The molecule has 1 aromatic carbocycles. The molecule has 0 spiro atoms. The van der Waals surface area contributed by atoms with E-state index >= 15 is 0 Å². The van der Waals surface area contributed by atoms with E-state index in [1.807, 2.05) is 0 Å². The molecule has 2 nitrogen and oxygen atoms in total. The molecule has 0 bridgehead atoms. The van der Waals surface area contributed by atoms with Gasteiger partial charge in [-0.2, -0.15) is 5.10 Å². The van der Waals surface area contributed by atoms with Gasteiger partial charge in [-0.3, -0.25) is 0 Å². The Balaban J connectivity index is 3.06. The maximum Gasteiger partial charge on any atom is 0.123 e. The maximum absolute atomic E-state index is 12.6. The quantitative estimate of drug-likeness (QED) is 0.369. The molecule has 0 unspecified atom stereocenters. The third kappa shape index (κ3) is 1.77. The van der Waals surface area contributed by atoms with Gasteiger partial charge in [0.25, 0.3) is 0 Å². The number of halogens is 1. The summed E-state index contributed by atoms with van der Waals surface area (Å²) in [5.41, 5.74) is 1.34. The minimum atomic E-state index is -0.273. The number of nitrogens with zero attached hydrogens (tertiary/aromatic N) is 1. The van der Waals surface area contributed by atoms with Crippen molar-refractivity contribution in [1.82, 2.24) is 0 Å². The van der Waals surface area contributed by atoms with E-state index in [1.165, 1.54) is 12.1 Å². The molecule has 0 heterocycles. The number of rotatable bonds is 1. The van der Waals surface area contributed by atoms with Crippen LogP contribution < -0.4 is 5.84 Å². The third-order valence-corrected chi connectivity index (χ3v) is 1.44. The van der Waals surface area contributed by atoms with Crippen molar-refractivity contribution in [3.63, 3.8) is 0 Å². The van der Waals surface area contributed by atoms with Crippen LogP contribution in [-0.4, -0.2) is 5.71 Å². The number of nitrogens with two attached hydrogens (primary N) is 1. The molecule has 0 radical (unpaired) electrons. The minimum absolute atomic E-state index is 0.273. The standard InChI is InChI=1S/C8H9FN2/c1-6(11-10)7-3-2-4-8(9)5-7/h2-5H,10H2,1H3/b11-6-. The fourth-order valence-corrected chi connectivity index (χ4v) is 0.788. The zero-order valence-electron chi connectivity index (χ0n) is 6.21. The summed E-state index contributed by atoms with van der Waals surface area (Å²) in [6.07, 6.45) is 0. The lowest BCUT2D eigenvalue weighted by molar-refractivity contribution is 0.627. The van der Waals surface area contributed by atoms with Crippen LogP contribution in [0.3, 0.4) is 0 Å². The van der Waals surface area contributed by atoms with E-state index in [-0.39, 0.29) is 5.82 Å². The Hall–Kier alpha value is -1.38. The smallest absolute Gasteiger partial charge is 0.123 e. The average molecular weight is 152 g/mol. The van der Waals surface area contributed by atoms with Crippen LogP contribution in [0.2, 0.25) is 0 Å². The molecule has 0 saturated heterocycles. The molecule has 3 heteroatoms. The summed E-state index contributed by atoms with van der Waals surface area (Å²) in [6, 6.07) is 6.16. The molecule has 2 N–H and O–H groups in total. The van der Waals surface area contributed by atoms with E-state index in [2.05, 4.69) is 5.10 Å². The summed E-state index contributed by atoms with van der Waals surface area (Å²) in [5, 5.41) is 3.45. The first-order valence-corrected chi connectivity index (χ1v) is 3.24. The Morgan fingerprint density at radius 1 is 1.55 bits per heavy atom. The van der Waals surface area contributed by atoms with Gasteiger partial charge < -0.3 is 5.84 Å². The fourth-order valence-electron chi connectivity index (χ4n) is 0.788. The highest BCUT2D eigenvalue weighted by molar-refractivity contribution is 5.98. The normalized spacial score (nSPS) is 11.6. The van der Waals surface area contributed by atoms with Crippen LogP contribution in [0, 0.1) is 5.82 Å². The van der Waals surface area contributed by atoms with E-state index < -0.39 is 0 Å². The lowest BCUT2D eigenvalue weighted by Gasteiger charge is -1.97. The van der Waals surface area contributed by atoms with Crippen molar-refractivity contribution in [3.05, 3.63) is 35.6 Å². The zero-order chi connectivity index (χ0) is 8.27. The van der Waals surface area contributed by atoms with Gasteiger partial charge in [0.1, 0.15) is 5.82 Å². The van der Waals surface area contributed by atoms with E-state index in [4.69, 9.17) is 5.84 Å². The molecule has 0 aliphatic heterocycles. The Kier molecular flexibility index (Phi) is 2.21. The monoisotopic (exact) mass is 152 g/mol. The highest BCUT2D eigenvalue weighted by Crippen LogP contribution is 2.03. The van der Waals surface area contributed by atoms with Crippen LogP contribution in [0.1, 0.15) is 12.5 Å². The Morgan fingerprint density at radius 2 is 2.27 bits per heavy atom. The van der Waals surface area contributed by atoms with Crippen molar-refractivity contribution in [2.45, 2.75) is 6.92 Å². The van der Waals surface area contributed by atoms with Crippen LogP contribution in [0.4, 0.5) is 4.39 Å². The summed E-state index contributed by atoms with van der Waals surface area (Å²) in [5.74, 6) is 4.75. The Bertz CT molecular complexity index is 281. The van der Waals surface area contributed by atoms with Crippen molar-refractivity contribution in [3.8, 4) is 0 Å². The highest BCUT2D eigenvalue weighted by Gasteiger charge is 1.96. The summed E-state index contributed by atoms with van der Waals surface area (Å²) < 4.78 is 12.6. The first-order chi connectivity index (χ1) is 5.24. The SMILES string of the molecule is C/C(=N/N)c1cccc(F)c1. The highest BCUT2D eigenvalue weighted by atomic mass is 19.1. The number of hydrazone groups is 1. The second-order valence-electron chi connectivity index (χ2n) is 2.22. The van der Waals surface area contributed by atoms with E-state index in [9.17, 15) is 4.39 Å². The summed E-state index contributed by atoms with van der Waals surface area (Å²) >= 11 is 0. The van der Waals surface area contributed by atoms with Crippen LogP contribution in [0.15, 0.2) is 29.4 Å². The van der Waals surface area contributed by atoms with Gasteiger partial charge in [0.15, 0.2) is 0 Å². The van der Waals surface area contributed by atoms with Crippen molar-refractivity contribution >= 4 is 5.71 Å². The zero-order valence-corrected chi connectivity index (χ0v) is 6.21. The second kappa shape index (κ2) is 3.14. The fraction of sp³-hybridized carbons (Fsp3) is 0.125. The molecule has 1 aromatic rings. The van der Waals surface area contributed by atoms with Gasteiger partial charge in [-0.1, -0.05) is 12.1 Å². The largest absolute Gasteiger partial charge is 0.323 e. The van der Waals surface area contributed by atoms with Gasteiger partial charge in [0.05, 0.1) is 5.71 Å². The molecule has 11 heavy (non-hydrogen) atoms. The van der Waals surface area contributed by atoms with Gasteiger partial charge in [-0.05, 0) is 19.1 Å². The average Bonchev–Trinajstić information content (AvgIpc) is 2.03. The molecular formula is C8H9FN2. The van der Waals surface area contributed by atoms with Crippen molar-refractivity contribution in [1.29, 1.82) is 0 Å². The molecule has 58 valence electrons. The Morgan fingerprint density at radius 3 is 2.82 bits per heavy atom. The predicted octanol–water partition coefficient (Wildman–Crippen LogP) is 1.51. The summed E-state index contributed by atoms with van der Waals surface area (Å²) in [6.45, 7) is 1.73. The van der Waals surface area contributed by atoms with Crippen LogP contribution >= 0.6 is 0 Å². The molecule has 1 rings (SSSR count). The van der Waals surface area contributed by atoms with Gasteiger partial charge in [-0.25, -0.2) is 4.39 Å². The first kappa shape index (κ1) is 7.72. The van der Waals surface area contributed by atoms with Crippen LogP contribution in [0.5, 0.6) is 0 Å². The summed E-state index contributed by atoms with van der Waals surface area (Å²) in [7, 11) is 0. The number of hydrogen-bond donors (Lipinski definition) is 1. The molecule has 0 amide bonds. The number of benzene rings is 1. The van der Waals surface area contributed by atoms with Crippen molar-refractivity contribution in [2.75, 3.05) is 0 Å². The van der Waals surface area contributed by atoms with Gasteiger partial charge in [-0.15, -0.1) is 0 Å². The molecule has 0 aliphatic rings. The molecular weight excluding hydrogens is 143 g/mol. The van der Waals surface area contributed by atoms with E-state index in [0.29, 0.717) is 11.3 Å². The topological polar surface area (TPSA) is 38.4 Å². The first-order valence-electron chi connectivity index (χ1n) is 3.24. The maximum atomic E-state index is 12.6. The second-order valence-corrected chi connectivity index (χ2v) is 2.22. The summed E-state index contributed by atoms with van der Waals surface area (Å²) in [4.78, 5) is 0. The van der Waals surface area contributed by atoms with Gasteiger partial charge >= 0.3 is 0 Å². The van der Waals surface area contributed by atoms with Crippen molar-refractivity contribution in [2.24, 2.45) is 10.9 Å². The minimum Gasteiger partial charge on any atom is -0.323 e. The van der Waals surface area contributed by atoms with E-state index in [1.54, 1.807) is 19.1 Å². The van der Waals surface area contributed by atoms with Crippen molar-refractivity contribution < 1.29 is 4.39 Å². The molecule has 0 fully saturated rings. The lowest BCUT2D eigenvalue weighted by Crippen LogP contribution is -1.98. The van der Waals surface area contributed by atoms with Crippen LogP contribution in [0.25, 0.3) is 0 Å². The third-order valence-electron chi connectivity index (χ3n) is 1.44. The van der Waals surface area contributed by atoms with Crippen LogP contribution in [-0.2, 0) is 0 Å². The number of hydrogen-bond acceptors (Lipinski definition) is 2. The molecule has 0 saturated carbocycles. The Labute approximate surface area is 64.5 Å². The molecule has 0 atom stereocenters. The lowest BCUT2D eigenvalue weighted by atomic mass is 10.1. The van der Waals surface area contributed by atoms with E-state index in [0.717, 1.165) is 0 Å². The van der Waals surface area contributed by atoms with Gasteiger partial charge in [0, 0.05) is 5.56 Å². The molecule has 0 aliphatic carbocycles. The van der Waals surface area contributed by atoms with Gasteiger partial charge in [0.2, 0.25) is 0 Å². The molecule has 0 aromatic heterocycles.